The molecule has 1 aromatic carbocycles. The summed E-state index contributed by atoms with van der Waals surface area (Å²) < 4.78 is 1.34. The van der Waals surface area contributed by atoms with E-state index in [1.54, 1.807) is 13.1 Å². The summed E-state index contributed by atoms with van der Waals surface area (Å²) in [6.07, 6.45) is 1.72. The molecule has 0 aliphatic heterocycles. The second-order valence-corrected chi connectivity index (χ2v) is 5.97. The van der Waals surface area contributed by atoms with Gasteiger partial charge in [0, 0.05) is 30.5 Å². The first-order chi connectivity index (χ1) is 11.6. The molecular weight excluding hydrogens is 385 g/mol. The molecule has 0 amide bonds. The van der Waals surface area contributed by atoms with E-state index >= 15 is 0 Å². The van der Waals surface area contributed by atoms with Gasteiger partial charge in [0.25, 0.3) is 5.95 Å². The highest BCUT2D eigenvalue weighted by Gasteiger charge is 2.07. The van der Waals surface area contributed by atoms with Gasteiger partial charge in [0.1, 0.15) is 0 Å². The average Bonchev–Trinajstić information content (AvgIpc) is 2.88. The maximum atomic E-state index is 5.86. The van der Waals surface area contributed by atoms with Crippen LogP contribution in [0, 0.1) is 13.8 Å². The van der Waals surface area contributed by atoms with Crippen LogP contribution in [0.2, 0.25) is 0 Å². The third-order valence-electron chi connectivity index (χ3n) is 3.56. The maximum absolute atomic E-state index is 5.86. The molecule has 1 heterocycles. The van der Waals surface area contributed by atoms with Crippen LogP contribution in [0.4, 0.5) is 11.6 Å². The molecule has 10 heteroatoms. The number of halogens is 3. The van der Waals surface area contributed by atoms with Gasteiger partial charge in [0.05, 0.1) is 6.21 Å². The lowest BCUT2D eigenvalue weighted by atomic mass is 10.1. The first-order valence-corrected chi connectivity index (χ1v) is 8.57. The van der Waals surface area contributed by atoms with Gasteiger partial charge in [0.15, 0.2) is 5.82 Å². The lowest BCUT2D eigenvalue weighted by Gasteiger charge is -2.23. The smallest absolute Gasteiger partial charge is 0.263 e. The van der Waals surface area contributed by atoms with Crippen LogP contribution in [0.25, 0.3) is 0 Å². The number of hydrazone groups is 1. The van der Waals surface area contributed by atoms with Gasteiger partial charge in [-0.1, -0.05) is 6.07 Å². The molecule has 3 N–H and O–H groups in total. The second kappa shape index (κ2) is 10.3. The lowest BCUT2D eigenvalue weighted by Crippen LogP contribution is -2.27. The summed E-state index contributed by atoms with van der Waals surface area (Å²) >= 11 is 11.7. The lowest BCUT2D eigenvalue weighted by molar-refractivity contribution is 0.873. The Hall–Kier alpha value is -1.70. The third kappa shape index (κ3) is 5.66. The predicted octanol–water partition coefficient (Wildman–Crippen LogP) is 2.76. The number of hydrogen-bond acceptors (Lipinski definition) is 6. The molecule has 2 rings (SSSR count). The molecule has 0 radical (unpaired) electrons. The molecule has 0 fully saturated rings. The van der Waals surface area contributed by atoms with Gasteiger partial charge in [-0.15, -0.1) is 45.8 Å². The van der Waals surface area contributed by atoms with Crippen molar-refractivity contribution < 1.29 is 0 Å². The zero-order chi connectivity index (χ0) is 17.5. The van der Waals surface area contributed by atoms with E-state index in [1.165, 1.54) is 4.68 Å². The Morgan fingerprint density at radius 1 is 1.24 bits per heavy atom. The summed E-state index contributed by atoms with van der Waals surface area (Å²) in [6, 6.07) is 6.13. The number of alkyl halides is 2. The van der Waals surface area contributed by atoms with Crippen LogP contribution in [0.15, 0.2) is 23.3 Å². The van der Waals surface area contributed by atoms with Crippen molar-refractivity contribution in [2.75, 3.05) is 41.0 Å². The molecule has 7 nitrogen and oxygen atoms in total. The van der Waals surface area contributed by atoms with Gasteiger partial charge >= 0.3 is 0 Å². The van der Waals surface area contributed by atoms with Gasteiger partial charge in [-0.3, -0.25) is 0 Å². The van der Waals surface area contributed by atoms with Crippen LogP contribution < -0.4 is 16.2 Å². The highest BCUT2D eigenvalue weighted by Crippen LogP contribution is 2.18. The van der Waals surface area contributed by atoms with Crippen LogP contribution in [0.5, 0.6) is 0 Å². The van der Waals surface area contributed by atoms with Crippen molar-refractivity contribution in [3.63, 3.8) is 0 Å². The summed E-state index contributed by atoms with van der Waals surface area (Å²) in [7, 11) is 0. The number of aromatic nitrogens is 3. The van der Waals surface area contributed by atoms with E-state index in [-0.39, 0.29) is 12.4 Å². The van der Waals surface area contributed by atoms with E-state index in [4.69, 9.17) is 29.0 Å². The molecular formula is C15H22Cl3N7. The van der Waals surface area contributed by atoms with Gasteiger partial charge < -0.3 is 10.7 Å². The molecule has 0 saturated carbocycles. The van der Waals surface area contributed by atoms with Crippen LogP contribution in [-0.2, 0) is 0 Å². The summed E-state index contributed by atoms with van der Waals surface area (Å²) in [5.41, 5.74) is 5.95. The van der Waals surface area contributed by atoms with E-state index in [0.717, 1.165) is 29.9 Å². The molecule has 0 unspecified atom stereocenters. The Kier molecular flexibility index (Phi) is 8.82. The normalized spacial score (nSPS) is 10.7. The SMILES string of the molecule is Cc1cc(N(CCCl)CCCl)ccc1C=NNc1nnc(C)n1N.Cl. The standard InChI is InChI=1S/C15H21Cl2N7.ClH/c1-11-9-14(23(7-5-16)8-6-17)4-3-13(11)10-19-21-15-22-20-12(2)24(15)18;/h3-4,9-10H,5-8,18H2,1-2H3,(H,21,22);1H. The Labute approximate surface area is 163 Å². The first kappa shape index (κ1) is 21.3. The average molecular weight is 407 g/mol. The van der Waals surface area contributed by atoms with Crippen molar-refractivity contribution in [1.82, 2.24) is 14.9 Å². The zero-order valence-electron chi connectivity index (χ0n) is 14.1. The molecule has 0 aliphatic carbocycles. The zero-order valence-corrected chi connectivity index (χ0v) is 16.4. The summed E-state index contributed by atoms with van der Waals surface area (Å²) in [4.78, 5) is 2.16. The molecule has 0 atom stereocenters. The number of nitrogens with two attached hydrogens (primary N) is 1. The molecule has 0 spiro atoms. The quantitative estimate of drug-likeness (QED) is 0.305. The summed E-state index contributed by atoms with van der Waals surface area (Å²) in [6.45, 7) is 5.31. The number of rotatable bonds is 8. The number of hydrogen-bond donors (Lipinski definition) is 2. The molecule has 0 aliphatic rings. The van der Waals surface area contributed by atoms with Crippen LogP contribution in [0.1, 0.15) is 17.0 Å². The number of nitrogens with one attached hydrogen (secondary N) is 1. The topological polar surface area (TPSA) is 84.4 Å². The second-order valence-electron chi connectivity index (χ2n) is 5.22. The molecule has 138 valence electrons. The van der Waals surface area contributed by atoms with Crippen molar-refractivity contribution in [2.45, 2.75) is 13.8 Å². The minimum Gasteiger partial charge on any atom is -0.369 e. The maximum Gasteiger partial charge on any atom is 0.263 e. The Balaban J connectivity index is 0.00000312. The highest BCUT2D eigenvalue weighted by molar-refractivity contribution is 6.18. The van der Waals surface area contributed by atoms with Crippen molar-refractivity contribution in [2.24, 2.45) is 5.10 Å². The monoisotopic (exact) mass is 405 g/mol. The number of nitrogen functional groups attached to an aromatic ring is 1. The van der Waals surface area contributed by atoms with Crippen molar-refractivity contribution in [3.05, 3.63) is 35.2 Å². The van der Waals surface area contributed by atoms with E-state index in [2.05, 4.69) is 31.7 Å². The fourth-order valence-electron chi connectivity index (χ4n) is 2.18. The van der Waals surface area contributed by atoms with Gasteiger partial charge in [-0.2, -0.15) is 5.10 Å². The molecule has 2 aromatic rings. The van der Waals surface area contributed by atoms with Crippen molar-refractivity contribution in [1.29, 1.82) is 0 Å². The highest BCUT2D eigenvalue weighted by atomic mass is 35.5. The summed E-state index contributed by atoms with van der Waals surface area (Å²) in [5.74, 6) is 7.85. The fraction of sp³-hybridized carbons (Fsp3) is 0.400. The van der Waals surface area contributed by atoms with E-state index in [0.29, 0.717) is 23.5 Å². The van der Waals surface area contributed by atoms with Crippen molar-refractivity contribution in [3.8, 4) is 0 Å². The number of nitrogens with zero attached hydrogens (tertiary/aromatic N) is 5. The van der Waals surface area contributed by atoms with Crippen LogP contribution >= 0.6 is 35.6 Å². The third-order valence-corrected chi connectivity index (χ3v) is 3.90. The van der Waals surface area contributed by atoms with E-state index < -0.39 is 0 Å². The Morgan fingerprint density at radius 3 is 2.44 bits per heavy atom. The van der Waals surface area contributed by atoms with Crippen LogP contribution in [-0.4, -0.2) is 45.9 Å². The first-order valence-electron chi connectivity index (χ1n) is 7.50. The van der Waals surface area contributed by atoms with Gasteiger partial charge in [-0.25, -0.2) is 10.1 Å². The van der Waals surface area contributed by atoms with E-state index in [1.807, 2.05) is 19.1 Å². The Morgan fingerprint density at radius 2 is 1.92 bits per heavy atom. The molecule has 0 saturated heterocycles. The minimum atomic E-state index is 0. The molecule has 0 bridgehead atoms. The van der Waals surface area contributed by atoms with Gasteiger partial charge in [-0.05, 0) is 37.1 Å². The Bertz CT molecular complexity index is 696. The van der Waals surface area contributed by atoms with Crippen molar-refractivity contribution >= 4 is 53.5 Å². The number of benzene rings is 1. The number of anilines is 2. The molecule has 25 heavy (non-hydrogen) atoms. The minimum absolute atomic E-state index is 0. The molecule has 1 aromatic heterocycles. The number of aryl methyl sites for hydroxylation is 2. The van der Waals surface area contributed by atoms with Crippen LogP contribution in [0.3, 0.4) is 0 Å². The largest absolute Gasteiger partial charge is 0.369 e. The van der Waals surface area contributed by atoms with Gasteiger partial charge in [0.2, 0.25) is 0 Å². The van der Waals surface area contributed by atoms with E-state index in [9.17, 15) is 0 Å². The summed E-state index contributed by atoms with van der Waals surface area (Å²) in [5, 5.41) is 11.9. The fourth-order valence-corrected chi connectivity index (χ4v) is 2.59. The predicted molar refractivity (Wildman–Crippen MR) is 108 cm³/mol.